The molecular formula is C11H22N2O. The minimum absolute atomic E-state index is 0.523. The van der Waals surface area contributed by atoms with Crippen molar-refractivity contribution in [1.29, 1.82) is 0 Å². The number of nitrogens with zero attached hydrogens (tertiary/aromatic N) is 1. The third-order valence-corrected chi connectivity index (χ3v) is 3.50. The van der Waals surface area contributed by atoms with Crippen LogP contribution in [0.5, 0.6) is 0 Å². The second-order valence-corrected chi connectivity index (χ2v) is 4.44. The molecule has 2 aliphatic rings. The highest BCUT2D eigenvalue weighted by Gasteiger charge is 2.33. The molecule has 2 fully saturated rings. The van der Waals surface area contributed by atoms with E-state index in [1.807, 2.05) is 0 Å². The Labute approximate surface area is 86.6 Å². The van der Waals surface area contributed by atoms with Crippen LogP contribution >= 0.6 is 0 Å². The maximum atomic E-state index is 5.82. The number of hydrogen-bond acceptors (Lipinski definition) is 3. The topological polar surface area (TPSA) is 38.5 Å². The molecule has 1 heterocycles. The summed E-state index contributed by atoms with van der Waals surface area (Å²) in [4.78, 5) is 2.60. The van der Waals surface area contributed by atoms with Crippen molar-refractivity contribution in [3.05, 3.63) is 0 Å². The van der Waals surface area contributed by atoms with Crippen molar-refractivity contribution >= 4 is 0 Å². The molecule has 1 saturated carbocycles. The molecule has 1 aliphatic carbocycles. The fraction of sp³-hybridized carbons (Fsp3) is 1.00. The molecule has 0 amide bonds. The van der Waals surface area contributed by atoms with Crippen molar-refractivity contribution in [1.82, 2.24) is 4.90 Å². The van der Waals surface area contributed by atoms with Crippen LogP contribution in [0.25, 0.3) is 0 Å². The second kappa shape index (κ2) is 5.10. The summed E-state index contributed by atoms with van der Waals surface area (Å²) in [6, 6.07) is 0.698. The molecule has 2 rings (SSSR count). The van der Waals surface area contributed by atoms with E-state index in [4.69, 9.17) is 10.5 Å². The summed E-state index contributed by atoms with van der Waals surface area (Å²) in [6.07, 6.45) is 6.98. The fourth-order valence-electron chi connectivity index (χ4n) is 2.75. The maximum absolute atomic E-state index is 5.82. The van der Waals surface area contributed by atoms with Gasteiger partial charge in [0.25, 0.3) is 0 Å². The molecule has 0 radical (unpaired) electrons. The molecule has 0 aromatic heterocycles. The van der Waals surface area contributed by atoms with Gasteiger partial charge in [0, 0.05) is 12.6 Å². The molecule has 2 unspecified atom stereocenters. The first-order valence-electron chi connectivity index (χ1n) is 5.97. The maximum Gasteiger partial charge on any atom is 0.0730 e. The van der Waals surface area contributed by atoms with Crippen molar-refractivity contribution in [2.75, 3.05) is 26.2 Å². The number of ether oxygens (including phenoxy) is 1. The summed E-state index contributed by atoms with van der Waals surface area (Å²) in [5.74, 6) is 0. The van der Waals surface area contributed by atoms with Gasteiger partial charge in [-0.1, -0.05) is 12.8 Å². The van der Waals surface area contributed by atoms with Crippen LogP contribution < -0.4 is 5.73 Å². The number of hydrogen-bond donors (Lipinski definition) is 1. The molecule has 0 aromatic rings. The van der Waals surface area contributed by atoms with Crippen molar-refractivity contribution in [2.24, 2.45) is 5.73 Å². The van der Waals surface area contributed by atoms with E-state index >= 15 is 0 Å². The summed E-state index contributed by atoms with van der Waals surface area (Å²) >= 11 is 0. The summed E-state index contributed by atoms with van der Waals surface area (Å²) in [6.45, 7) is 4.02. The Hall–Kier alpha value is -0.120. The molecule has 2 atom stereocenters. The minimum atomic E-state index is 0.523. The van der Waals surface area contributed by atoms with Crippen molar-refractivity contribution in [3.8, 4) is 0 Å². The van der Waals surface area contributed by atoms with Crippen LogP contribution in [0.4, 0.5) is 0 Å². The van der Waals surface area contributed by atoms with Crippen molar-refractivity contribution < 1.29 is 4.74 Å². The third kappa shape index (κ3) is 2.27. The van der Waals surface area contributed by atoms with E-state index in [0.717, 1.165) is 26.1 Å². The van der Waals surface area contributed by atoms with Crippen LogP contribution in [0.15, 0.2) is 0 Å². The second-order valence-electron chi connectivity index (χ2n) is 4.44. The minimum Gasteiger partial charge on any atom is -0.375 e. The molecular weight excluding hydrogens is 176 g/mol. The molecule has 3 heteroatoms. The molecule has 82 valence electrons. The monoisotopic (exact) mass is 198 g/mol. The van der Waals surface area contributed by atoms with E-state index in [2.05, 4.69) is 4.90 Å². The predicted molar refractivity (Wildman–Crippen MR) is 57.2 cm³/mol. The van der Waals surface area contributed by atoms with E-state index in [0.29, 0.717) is 12.1 Å². The number of nitrogens with two attached hydrogens (primary N) is 1. The quantitative estimate of drug-likeness (QED) is 0.734. The van der Waals surface area contributed by atoms with Gasteiger partial charge in [0.2, 0.25) is 0 Å². The van der Waals surface area contributed by atoms with E-state index in [1.54, 1.807) is 0 Å². The van der Waals surface area contributed by atoms with Crippen molar-refractivity contribution in [3.63, 3.8) is 0 Å². The lowest BCUT2D eigenvalue weighted by Gasteiger charge is -2.43. The van der Waals surface area contributed by atoms with Crippen LogP contribution in [0.2, 0.25) is 0 Å². The third-order valence-electron chi connectivity index (χ3n) is 3.50. The zero-order chi connectivity index (χ0) is 9.80. The highest BCUT2D eigenvalue weighted by molar-refractivity contribution is 4.87. The lowest BCUT2D eigenvalue weighted by atomic mass is 9.90. The molecule has 14 heavy (non-hydrogen) atoms. The molecule has 3 nitrogen and oxygen atoms in total. The first-order valence-corrected chi connectivity index (χ1v) is 5.97. The molecule has 0 aromatic carbocycles. The zero-order valence-corrected chi connectivity index (χ0v) is 8.95. The molecule has 0 spiro atoms. The average molecular weight is 198 g/mol. The Kier molecular flexibility index (Phi) is 3.79. The van der Waals surface area contributed by atoms with E-state index in [-0.39, 0.29) is 0 Å². The number of morpholine rings is 1. The van der Waals surface area contributed by atoms with E-state index in [9.17, 15) is 0 Å². The SMILES string of the molecule is NCCCN1CCOC2CCCCC21. The standard InChI is InChI=1S/C11H22N2O/c12-6-3-7-13-8-9-14-11-5-2-1-4-10(11)13/h10-11H,1-9,12H2. The van der Waals surface area contributed by atoms with Gasteiger partial charge in [0.1, 0.15) is 0 Å². The van der Waals surface area contributed by atoms with Crippen molar-refractivity contribution in [2.45, 2.75) is 44.2 Å². The van der Waals surface area contributed by atoms with Gasteiger partial charge < -0.3 is 10.5 Å². The first-order chi connectivity index (χ1) is 6.92. The highest BCUT2D eigenvalue weighted by Crippen LogP contribution is 2.28. The van der Waals surface area contributed by atoms with Crippen LogP contribution in [-0.4, -0.2) is 43.3 Å². The van der Waals surface area contributed by atoms with Gasteiger partial charge in [-0.05, 0) is 32.4 Å². The Morgan fingerprint density at radius 1 is 1.29 bits per heavy atom. The Bertz CT molecular complexity index is 173. The summed E-state index contributed by atoms with van der Waals surface area (Å²) in [7, 11) is 0. The van der Waals surface area contributed by atoms with Gasteiger partial charge in [-0.25, -0.2) is 0 Å². The Morgan fingerprint density at radius 2 is 2.14 bits per heavy atom. The summed E-state index contributed by atoms with van der Waals surface area (Å²) in [5.41, 5.74) is 5.56. The summed E-state index contributed by atoms with van der Waals surface area (Å²) < 4.78 is 5.82. The van der Waals surface area contributed by atoms with Gasteiger partial charge in [0.15, 0.2) is 0 Å². The van der Waals surface area contributed by atoms with Gasteiger partial charge in [-0.3, -0.25) is 4.90 Å². The van der Waals surface area contributed by atoms with Crippen LogP contribution in [-0.2, 0) is 4.74 Å². The smallest absolute Gasteiger partial charge is 0.0730 e. The Morgan fingerprint density at radius 3 is 3.00 bits per heavy atom. The normalized spacial score (nSPS) is 34.1. The van der Waals surface area contributed by atoms with Gasteiger partial charge in [-0.2, -0.15) is 0 Å². The zero-order valence-electron chi connectivity index (χ0n) is 8.95. The fourth-order valence-corrected chi connectivity index (χ4v) is 2.75. The lowest BCUT2D eigenvalue weighted by Crippen LogP contribution is -2.52. The highest BCUT2D eigenvalue weighted by atomic mass is 16.5. The molecule has 1 aliphatic heterocycles. The van der Waals surface area contributed by atoms with Crippen LogP contribution in [0, 0.1) is 0 Å². The molecule has 1 saturated heterocycles. The van der Waals surface area contributed by atoms with Crippen LogP contribution in [0.3, 0.4) is 0 Å². The molecule has 2 N–H and O–H groups in total. The largest absolute Gasteiger partial charge is 0.375 e. The molecule has 0 bridgehead atoms. The first kappa shape index (κ1) is 10.4. The predicted octanol–water partition coefficient (Wildman–Crippen LogP) is 0.979. The number of fused-ring (bicyclic) bond motifs is 1. The Balaban J connectivity index is 1.88. The lowest BCUT2D eigenvalue weighted by molar-refractivity contribution is -0.0879. The van der Waals surface area contributed by atoms with E-state index in [1.165, 1.54) is 32.2 Å². The van der Waals surface area contributed by atoms with Gasteiger partial charge in [0.05, 0.1) is 12.7 Å². The van der Waals surface area contributed by atoms with Gasteiger partial charge >= 0.3 is 0 Å². The van der Waals surface area contributed by atoms with Gasteiger partial charge in [-0.15, -0.1) is 0 Å². The number of rotatable bonds is 3. The van der Waals surface area contributed by atoms with E-state index < -0.39 is 0 Å². The summed E-state index contributed by atoms with van der Waals surface area (Å²) in [5, 5.41) is 0. The van der Waals surface area contributed by atoms with Crippen LogP contribution in [0.1, 0.15) is 32.1 Å². The average Bonchev–Trinajstić information content (AvgIpc) is 2.26.